The van der Waals surface area contributed by atoms with Crippen LogP contribution < -0.4 is 15.8 Å². The molecule has 0 bridgehead atoms. The molecule has 6 nitrogen and oxygen atoms in total. The van der Waals surface area contributed by atoms with Crippen molar-refractivity contribution in [2.75, 3.05) is 18.2 Å². The second kappa shape index (κ2) is 8.21. The highest BCUT2D eigenvalue weighted by atomic mass is 35.5. The van der Waals surface area contributed by atoms with Crippen LogP contribution in [0, 0.1) is 0 Å². The van der Waals surface area contributed by atoms with Gasteiger partial charge in [0.05, 0.1) is 19.0 Å². The molecular weight excluding hydrogens is 373 g/mol. The number of pyridine rings is 1. The van der Waals surface area contributed by atoms with Crippen molar-refractivity contribution in [1.29, 1.82) is 0 Å². The van der Waals surface area contributed by atoms with E-state index in [1.165, 1.54) is 6.20 Å². The molecule has 0 amide bonds. The highest BCUT2D eigenvalue weighted by Crippen LogP contribution is 2.28. The van der Waals surface area contributed by atoms with E-state index in [2.05, 4.69) is 20.3 Å². The number of nitrogens with zero attached hydrogens (tertiary/aromatic N) is 3. The molecule has 0 radical (unpaired) electrons. The Balaban J connectivity index is 1.80. The first-order chi connectivity index (χ1) is 12.5. The normalized spacial score (nSPS) is 10.6. The summed E-state index contributed by atoms with van der Waals surface area (Å²) >= 11 is 11.9. The van der Waals surface area contributed by atoms with Gasteiger partial charge in [0.1, 0.15) is 10.8 Å². The highest BCUT2D eigenvalue weighted by Gasteiger charge is 2.09. The average molecular weight is 390 g/mol. The molecule has 2 aromatic heterocycles. The van der Waals surface area contributed by atoms with Crippen molar-refractivity contribution in [2.24, 2.45) is 0 Å². The molecule has 134 valence electrons. The zero-order chi connectivity index (χ0) is 18.5. The van der Waals surface area contributed by atoms with Crippen molar-refractivity contribution in [2.45, 2.75) is 12.8 Å². The molecule has 0 aliphatic rings. The van der Waals surface area contributed by atoms with Crippen LogP contribution in [0.25, 0.3) is 0 Å². The Labute approximate surface area is 161 Å². The number of rotatable bonds is 6. The Bertz CT molecular complexity index is 920. The van der Waals surface area contributed by atoms with Gasteiger partial charge in [-0.15, -0.1) is 0 Å². The predicted molar refractivity (Wildman–Crippen MR) is 104 cm³/mol. The summed E-state index contributed by atoms with van der Waals surface area (Å²) in [4.78, 5) is 12.1. The lowest BCUT2D eigenvalue weighted by Crippen LogP contribution is -2.00. The summed E-state index contributed by atoms with van der Waals surface area (Å²) < 4.78 is 5.46. The molecule has 0 aliphatic carbocycles. The predicted octanol–water partition coefficient (Wildman–Crippen LogP) is 4.30. The first-order valence-electron chi connectivity index (χ1n) is 7.86. The highest BCUT2D eigenvalue weighted by molar-refractivity contribution is 6.33. The summed E-state index contributed by atoms with van der Waals surface area (Å²) in [5.74, 6) is 1.25. The van der Waals surface area contributed by atoms with Gasteiger partial charge in [-0.05, 0) is 59.8 Å². The molecule has 2 heterocycles. The van der Waals surface area contributed by atoms with Crippen LogP contribution in [0.2, 0.25) is 10.3 Å². The van der Waals surface area contributed by atoms with Crippen LogP contribution >= 0.6 is 23.2 Å². The molecule has 0 unspecified atom stereocenters. The third-order valence-corrected chi connectivity index (χ3v) is 4.22. The summed E-state index contributed by atoms with van der Waals surface area (Å²) in [6.07, 6.45) is 6.45. The molecule has 3 N–H and O–H groups in total. The van der Waals surface area contributed by atoms with Crippen molar-refractivity contribution in [3.63, 3.8) is 0 Å². The second-order valence-electron chi connectivity index (χ2n) is 5.61. The Morgan fingerprint density at radius 3 is 2.73 bits per heavy atom. The lowest BCUT2D eigenvalue weighted by molar-refractivity contribution is 0.409. The molecule has 0 saturated carbocycles. The summed E-state index contributed by atoms with van der Waals surface area (Å²) in [6, 6.07) is 7.69. The number of halogens is 2. The number of anilines is 3. The van der Waals surface area contributed by atoms with E-state index in [1.54, 1.807) is 13.3 Å². The molecule has 0 fully saturated rings. The Morgan fingerprint density at radius 2 is 1.96 bits per heavy atom. The lowest BCUT2D eigenvalue weighted by atomic mass is 10.0. The number of nitrogens with one attached hydrogen (secondary N) is 1. The number of ether oxygens (including phenoxy) is 1. The van der Waals surface area contributed by atoms with Crippen LogP contribution in [0.1, 0.15) is 11.1 Å². The maximum absolute atomic E-state index is 6.11. The van der Waals surface area contributed by atoms with E-state index >= 15 is 0 Å². The molecular formula is C18H17Cl2N5O. The molecule has 0 aliphatic heterocycles. The maximum Gasteiger partial charge on any atom is 0.224 e. The third-order valence-electron chi connectivity index (χ3n) is 3.76. The van der Waals surface area contributed by atoms with Crippen molar-refractivity contribution >= 4 is 40.4 Å². The standard InChI is InChI=1S/C18H17Cl2N5O/c1-26-16-5-4-14(24-17-15(19)10-23-18(20)25-17)7-12(16)3-2-11-6-13(21)9-22-8-11/h4-10H,2-3,21H2,1H3,(H,23,24,25). The number of hydrogen-bond acceptors (Lipinski definition) is 6. The van der Waals surface area contributed by atoms with Gasteiger partial charge in [0.25, 0.3) is 0 Å². The molecule has 0 spiro atoms. The number of aryl methyl sites for hydroxylation is 2. The van der Waals surface area contributed by atoms with Crippen molar-refractivity contribution < 1.29 is 4.74 Å². The van der Waals surface area contributed by atoms with E-state index in [0.29, 0.717) is 16.5 Å². The third kappa shape index (κ3) is 4.53. The Kier molecular flexibility index (Phi) is 5.75. The number of benzene rings is 1. The van der Waals surface area contributed by atoms with Gasteiger partial charge in [-0.3, -0.25) is 4.98 Å². The smallest absolute Gasteiger partial charge is 0.224 e. The number of aromatic nitrogens is 3. The van der Waals surface area contributed by atoms with E-state index in [4.69, 9.17) is 33.7 Å². The van der Waals surface area contributed by atoms with Gasteiger partial charge in [-0.25, -0.2) is 4.98 Å². The average Bonchev–Trinajstić information content (AvgIpc) is 2.63. The van der Waals surface area contributed by atoms with Crippen LogP contribution in [-0.4, -0.2) is 22.1 Å². The van der Waals surface area contributed by atoms with E-state index in [9.17, 15) is 0 Å². The fraction of sp³-hybridized carbons (Fsp3) is 0.167. The zero-order valence-corrected chi connectivity index (χ0v) is 15.6. The minimum absolute atomic E-state index is 0.125. The first-order valence-corrected chi connectivity index (χ1v) is 8.62. The first kappa shape index (κ1) is 18.2. The number of nitrogens with two attached hydrogens (primary N) is 1. The summed E-state index contributed by atoms with van der Waals surface area (Å²) in [7, 11) is 1.65. The van der Waals surface area contributed by atoms with Gasteiger partial charge in [0.15, 0.2) is 5.82 Å². The summed E-state index contributed by atoms with van der Waals surface area (Å²) in [5, 5.41) is 3.67. The molecule has 0 atom stereocenters. The Morgan fingerprint density at radius 1 is 1.12 bits per heavy atom. The van der Waals surface area contributed by atoms with Crippen molar-refractivity contribution in [3.8, 4) is 5.75 Å². The molecule has 8 heteroatoms. The fourth-order valence-electron chi connectivity index (χ4n) is 2.55. The molecule has 3 aromatic rings. The van der Waals surface area contributed by atoms with Gasteiger partial charge in [-0.1, -0.05) is 11.6 Å². The van der Waals surface area contributed by atoms with Crippen molar-refractivity contribution in [3.05, 3.63) is 64.3 Å². The van der Waals surface area contributed by atoms with Crippen LogP contribution in [0.15, 0.2) is 42.9 Å². The molecule has 26 heavy (non-hydrogen) atoms. The zero-order valence-electron chi connectivity index (χ0n) is 14.0. The molecule has 0 saturated heterocycles. The van der Waals surface area contributed by atoms with Crippen LogP contribution in [0.3, 0.4) is 0 Å². The molecule has 3 rings (SSSR count). The van der Waals surface area contributed by atoms with Gasteiger partial charge in [-0.2, -0.15) is 4.98 Å². The van der Waals surface area contributed by atoms with E-state index in [1.807, 2.05) is 30.5 Å². The van der Waals surface area contributed by atoms with Crippen LogP contribution in [0.4, 0.5) is 17.2 Å². The molecule has 1 aromatic carbocycles. The Hall–Kier alpha value is -2.57. The van der Waals surface area contributed by atoms with Gasteiger partial charge < -0.3 is 15.8 Å². The second-order valence-corrected chi connectivity index (χ2v) is 6.36. The number of hydrogen-bond donors (Lipinski definition) is 2. The SMILES string of the molecule is COc1ccc(Nc2nc(Cl)ncc2Cl)cc1CCc1cncc(N)c1. The lowest BCUT2D eigenvalue weighted by Gasteiger charge is -2.13. The van der Waals surface area contributed by atoms with Crippen LogP contribution in [0.5, 0.6) is 5.75 Å². The van der Waals surface area contributed by atoms with Gasteiger partial charge in [0, 0.05) is 18.1 Å². The number of methoxy groups -OCH3 is 1. The summed E-state index contributed by atoms with van der Waals surface area (Å²) in [6.45, 7) is 0. The number of nitrogen functional groups attached to an aromatic ring is 1. The quantitative estimate of drug-likeness (QED) is 0.611. The maximum atomic E-state index is 6.11. The van der Waals surface area contributed by atoms with Crippen LogP contribution in [-0.2, 0) is 12.8 Å². The van der Waals surface area contributed by atoms with Gasteiger partial charge in [0.2, 0.25) is 5.28 Å². The monoisotopic (exact) mass is 389 g/mol. The van der Waals surface area contributed by atoms with Crippen molar-refractivity contribution in [1.82, 2.24) is 15.0 Å². The topological polar surface area (TPSA) is 86.0 Å². The summed E-state index contributed by atoms with van der Waals surface area (Å²) in [5.41, 5.74) is 9.37. The minimum atomic E-state index is 0.125. The largest absolute Gasteiger partial charge is 0.496 e. The minimum Gasteiger partial charge on any atom is -0.496 e. The van der Waals surface area contributed by atoms with Gasteiger partial charge >= 0.3 is 0 Å². The van der Waals surface area contributed by atoms with E-state index < -0.39 is 0 Å². The van der Waals surface area contributed by atoms with E-state index in [0.717, 1.165) is 35.4 Å². The fourth-order valence-corrected chi connectivity index (χ4v) is 2.82. The van der Waals surface area contributed by atoms with E-state index in [-0.39, 0.29) is 5.28 Å².